The summed E-state index contributed by atoms with van der Waals surface area (Å²) in [5.41, 5.74) is 7.58. The molecule has 3 rings (SSSR count). The van der Waals surface area contributed by atoms with E-state index in [1.807, 2.05) is 43.4 Å². The maximum Gasteiger partial charge on any atom is 0.242 e. The molecule has 1 heterocycles. The molecule has 1 saturated carbocycles. The van der Waals surface area contributed by atoms with E-state index in [2.05, 4.69) is 5.16 Å². The van der Waals surface area contributed by atoms with Crippen molar-refractivity contribution in [2.24, 2.45) is 5.73 Å². The van der Waals surface area contributed by atoms with Gasteiger partial charge in [0.05, 0.1) is 5.54 Å². The molecule has 1 aromatic heterocycles. The van der Waals surface area contributed by atoms with E-state index in [9.17, 15) is 4.79 Å². The standard InChI is InChI=1S/C20H27N3O2/c1-23(19(24)20(21)12-6-3-7-13-20)14-8-11-17-15-18(22-25-17)16-9-4-2-5-10-16/h2,4-5,9-10,15H,3,6-8,11-14,21H2,1H3. The van der Waals surface area contributed by atoms with Gasteiger partial charge in [0.2, 0.25) is 5.91 Å². The van der Waals surface area contributed by atoms with Gasteiger partial charge in [-0.05, 0) is 19.3 Å². The first-order valence-corrected chi connectivity index (χ1v) is 9.14. The second kappa shape index (κ2) is 7.83. The number of carbonyl (C=O) groups is 1. The number of aromatic nitrogens is 1. The van der Waals surface area contributed by atoms with Crippen LogP contribution in [0.1, 0.15) is 44.3 Å². The molecule has 5 heteroatoms. The highest BCUT2D eigenvalue weighted by atomic mass is 16.5. The minimum atomic E-state index is -0.653. The maximum absolute atomic E-state index is 12.6. The van der Waals surface area contributed by atoms with Crippen molar-refractivity contribution >= 4 is 5.91 Å². The number of aryl methyl sites for hydroxylation is 1. The molecular weight excluding hydrogens is 314 g/mol. The lowest BCUT2D eigenvalue weighted by Crippen LogP contribution is -2.55. The summed E-state index contributed by atoms with van der Waals surface area (Å²) in [5, 5.41) is 4.13. The molecule has 5 nitrogen and oxygen atoms in total. The number of hydrogen-bond acceptors (Lipinski definition) is 4. The minimum absolute atomic E-state index is 0.0785. The number of amides is 1. The number of nitrogens with zero attached hydrogens (tertiary/aromatic N) is 2. The van der Waals surface area contributed by atoms with Gasteiger partial charge >= 0.3 is 0 Å². The van der Waals surface area contributed by atoms with Crippen LogP contribution >= 0.6 is 0 Å². The molecule has 1 aromatic carbocycles. The smallest absolute Gasteiger partial charge is 0.242 e. The Kier molecular flexibility index (Phi) is 5.53. The zero-order chi connectivity index (χ0) is 17.7. The number of rotatable bonds is 6. The van der Waals surface area contributed by atoms with Crippen LogP contribution in [-0.4, -0.2) is 35.1 Å². The lowest BCUT2D eigenvalue weighted by Gasteiger charge is -2.35. The molecule has 2 aromatic rings. The molecule has 0 saturated heterocycles. The third-order valence-electron chi connectivity index (χ3n) is 5.06. The first-order chi connectivity index (χ1) is 12.1. The zero-order valence-electron chi connectivity index (χ0n) is 14.9. The second-order valence-electron chi connectivity index (χ2n) is 7.09. The first-order valence-electron chi connectivity index (χ1n) is 9.14. The van der Waals surface area contributed by atoms with Gasteiger partial charge in [0, 0.05) is 31.6 Å². The van der Waals surface area contributed by atoms with Crippen LogP contribution in [0.15, 0.2) is 40.9 Å². The Balaban J connectivity index is 1.49. The Bertz CT molecular complexity index is 690. The predicted octanol–water partition coefficient (Wildman–Crippen LogP) is 3.39. The van der Waals surface area contributed by atoms with E-state index in [4.69, 9.17) is 10.3 Å². The highest BCUT2D eigenvalue weighted by Crippen LogP contribution is 2.27. The minimum Gasteiger partial charge on any atom is -0.361 e. The summed E-state index contributed by atoms with van der Waals surface area (Å²) in [7, 11) is 1.85. The molecule has 25 heavy (non-hydrogen) atoms. The van der Waals surface area contributed by atoms with E-state index in [-0.39, 0.29) is 5.91 Å². The van der Waals surface area contributed by atoms with E-state index < -0.39 is 5.54 Å². The normalized spacial score (nSPS) is 16.6. The van der Waals surface area contributed by atoms with Crippen LogP contribution in [0.25, 0.3) is 11.3 Å². The van der Waals surface area contributed by atoms with Crippen molar-refractivity contribution < 1.29 is 9.32 Å². The van der Waals surface area contributed by atoms with Gasteiger partial charge in [-0.25, -0.2) is 0 Å². The van der Waals surface area contributed by atoms with Crippen LogP contribution in [0, 0.1) is 0 Å². The Morgan fingerprint density at radius 3 is 2.68 bits per heavy atom. The Hall–Kier alpha value is -2.14. The van der Waals surface area contributed by atoms with Crippen LogP contribution in [0.2, 0.25) is 0 Å². The van der Waals surface area contributed by atoms with Gasteiger partial charge in [0.25, 0.3) is 0 Å². The summed E-state index contributed by atoms with van der Waals surface area (Å²) in [6.07, 6.45) is 6.49. The molecule has 0 unspecified atom stereocenters. The largest absolute Gasteiger partial charge is 0.361 e. The molecule has 2 N–H and O–H groups in total. The fourth-order valence-corrected chi connectivity index (χ4v) is 3.54. The van der Waals surface area contributed by atoms with Crippen molar-refractivity contribution in [3.63, 3.8) is 0 Å². The highest BCUT2D eigenvalue weighted by Gasteiger charge is 2.37. The molecule has 0 atom stereocenters. The fourth-order valence-electron chi connectivity index (χ4n) is 3.54. The maximum atomic E-state index is 12.6. The first kappa shape index (κ1) is 17.7. The highest BCUT2D eigenvalue weighted by molar-refractivity contribution is 5.86. The second-order valence-corrected chi connectivity index (χ2v) is 7.09. The third kappa shape index (κ3) is 4.28. The van der Waals surface area contributed by atoms with Crippen LogP contribution < -0.4 is 5.73 Å². The predicted molar refractivity (Wildman–Crippen MR) is 97.9 cm³/mol. The summed E-state index contributed by atoms with van der Waals surface area (Å²) < 4.78 is 5.42. The molecule has 0 aliphatic heterocycles. The summed E-state index contributed by atoms with van der Waals surface area (Å²) in [6, 6.07) is 11.9. The Labute approximate surface area is 149 Å². The van der Waals surface area contributed by atoms with Gasteiger partial charge in [0.1, 0.15) is 11.5 Å². The molecule has 1 aliphatic rings. The summed E-state index contributed by atoms with van der Waals surface area (Å²) in [6.45, 7) is 0.680. The number of benzene rings is 1. The topological polar surface area (TPSA) is 72.4 Å². The van der Waals surface area contributed by atoms with Gasteiger partial charge in [-0.1, -0.05) is 54.8 Å². The van der Waals surface area contributed by atoms with Crippen LogP contribution in [0.5, 0.6) is 0 Å². The van der Waals surface area contributed by atoms with Gasteiger partial charge in [-0.3, -0.25) is 4.79 Å². The molecule has 0 radical (unpaired) electrons. The van der Waals surface area contributed by atoms with Crippen molar-refractivity contribution in [3.05, 3.63) is 42.2 Å². The van der Waals surface area contributed by atoms with E-state index in [0.29, 0.717) is 6.54 Å². The Morgan fingerprint density at radius 1 is 1.24 bits per heavy atom. The van der Waals surface area contributed by atoms with Gasteiger partial charge in [-0.2, -0.15) is 0 Å². The Morgan fingerprint density at radius 2 is 1.96 bits per heavy atom. The zero-order valence-corrected chi connectivity index (χ0v) is 14.9. The molecule has 0 spiro atoms. The van der Waals surface area contributed by atoms with Crippen molar-refractivity contribution in [1.29, 1.82) is 0 Å². The summed E-state index contributed by atoms with van der Waals surface area (Å²) >= 11 is 0. The SMILES string of the molecule is CN(CCCc1cc(-c2ccccc2)no1)C(=O)C1(N)CCCCC1. The molecule has 1 aliphatic carbocycles. The van der Waals surface area contributed by atoms with Gasteiger partial charge in [-0.15, -0.1) is 0 Å². The number of likely N-dealkylation sites (N-methyl/N-ethyl adjacent to an activating group) is 1. The molecule has 1 amide bonds. The van der Waals surface area contributed by atoms with Crippen LogP contribution in [0.4, 0.5) is 0 Å². The number of nitrogens with two attached hydrogens (primary N) is 1. The lowest BCUT2D eigenvalue weighted by molar-refractivity contribution is -0.136. The third-order valence-corrected chi connectivity index (χ3v) is 5.06. The van der Waals surface area contributed by atoms with Gasteiger partial charge in [0.15, 0.2) is 0 Å². The van der Waals surface area contributed by atoms with E-state index >= 15 is 0 Å². The van der Waals surface area contributed by atoms with E-state index in [1.165, 1.54) is 6.42 Å². The summed E-state index contributed by atoms with van der Waals surface area (Å²) in [5.74, 6) is 0.926. The molecule has 134 valence electrons. The monoisotopic (exact) mass is 341 g/mol. The van der Waals surface area contributed by atoms with Crippen molar-refractivity contribution in [2.75, 3.05) is 13.6 Å². The number of carbonyl (C=O) groups excluding carboxylic acids is 1. The van der Waals surface area contributed by atoms with Gasteiger partial charge < -0.3 is 15.2 Å². The van der Waals surface area contributed by atoms with Crippen molar-refractivity contribution in [1.82, 2.24) is 10.1 Å². The summed E-state index contributed by atoms with van der Waals surface area (Å²) in [4.78, 5) is 14.4. The average molecular weight is 341 g/mol. The van der Waals surface area contributed by atoms with Crippen molar-refractivity contribution in [2.45, 2.75) is 50.5 Å². The fraction of sp³-hybridized carbons (Fsp3) is 0.500. The average Bonchev–Trinajstić information content (AvgIpc) is 3.11. The quantitative estimate of drug-likeness (QED) is 0.874. The van der Waals surface area contributed by atoms with E-state index in [0.717, 1.165) is 55.5 Å². The number of hydrogen-bond donors (Lipinski definition) is 1. The van der Waals surface area contributed by atoms with E-state index in [1.54, 1.807) is 4.90 Å². The van der Waals surface area contributed by atoms with Crippen LogP contribution in [-0.2, 0) is 11.2 Å². The lowest BCUT2D eigenvalue weighted by atomic mass is 9.81. The van der Waals surface area contributed by atoms with Crippen LogP contribution in [0.3, 0.4) is 0 Å². The molecule has 1 fully saturated rings. The molecule has 0 bridgehead atoms. The molecular formula is C20H27N3O2. The van der Waals surface area contributed by atoms with Crippen molar-refractivity contribution in [3.8, 4) is 11.3 Å².